The van der Waals surface area contributed by atoms with Crippen LogP contribution >= 0.6 is 0 Å². The summed E-state index contributed by atoms with van der Waals surface area (Å²) in [4.78, 5) is 19.0. The summed E-state index contributed by atoms with van der Waals surface area (Å²) in [7, 11) is 0. The molecule has 35 heavy (non-hydrogen) atoms. The number of allylic oxidation sites excluding steroid dienone is 1. The first-order valence-electron chi connectivity index (χ1n) is 11.1. The van der Waals surface area contributed by atoms with Crippen LogP contribution in [0.1, 0.15) is 57.2 Å². The Hall–Kier alpha value is -3.04. The highest BCUT2D eigenvalue weighted by molar-refractivity contribution is 5.94. The summed E-state index contributed by atoms with van der Waals surface area (Å²) in [6, 6.07) is 0.474. The van der Waals surface area contributed by atoms with Gasteiger partial charge in [-0.15, -0.1) is 0 Å². The molecular weight excluding hydrogens is 472 g/mol. The van der Waals surface area contributed by atoms with E-state index in [0.717, 1.165) is 12.8 Å². The van der Waals surface area contributed by atoms with Crippen molar-refractivity contribution in [1.82, 2.24) is 10.2 Å². The quantitative estimate of drug-likeness (QED) is 0.204. The van der Waals surface area contributed by atoms with Gasteiger partial charge in [0.15, 0.2) is 0 Å². The Morgan fingerprint density at radius 1 is 1.06 bits per heavy atom. The molecule has 0 aliphatic heterocycles. The molecule has 1 rings (SSSR count). The Labute approximate surface area is 202 Å². The normalized spacial score (nSPS) is 13.9. The number of carbonyl (C=O) groups is 1. The van der Waals surface area contributed by atoms with Gasteiger partial charge in [0, 0.05) is 30.6 Å². The molecule has 0 heterocycles. The van der Waals surface area contributed by atoms with Gasteiger partial charge in [-0.3, -0.25) is 9.79 Å². The van der Waals surface area contributed by atoms with Gasteiger partial charge in [-0.1, -0.05) is 33.1 Å². The largest absolute Gasteiger partial charge is 0.416 e. The lowest BCUT2D eigenvalue weighted by Crippen LogP contribution is -2.35. The summed E-state index contributed by atoms with van der Waals surface area (Å²) >= 11 is 0. The SMILES string of the molecule is C=CC=N/C(=C(\C)C(=O)N(CCC)CCC)C(C)NC(=C)c1cc(C(F)(F)F)cc(C(F)(F)F)c1. The molecule has 0 aliphatic rings. The van der Waals surface area contributed by atoms with Crippen LogP contribution in [0, 0.1) is 0 Å². The number of aliphatic imine (C=N–C) groups is 1. The van der Waals surface area contributed by atoms with Crippen molar-refractivity contribution in [3.05, 3.63) is 65.4 Å². The van der Waals surface area contributed by atoms with Crippen molar-refractivity contribution in [2.24, 2.45) is 4.99 Å². The fourth-order valence-corrected chi connectivity index (χ4v) is 3.41. The Morgan fingerprint density at radius 3 is 1.94 bits per heavy atom. The van der Waals surface area contributed by atoms with E-state index in [1.165, 1.54) is 12.3 Å². The Morgan fingerprint density at radius 2 is 1.54 bits per heavy atom. The Kier molecular flexibility index (Phi) is 10.8. The maximum absolute atomic E-state index is 13.2. The molecular formula is C25H31F6N3O. The van der Waals surface area contributed by atoms with Gasteiger partial charge in [-0.2, -0.15) is 26.3 Å². The van der Waals surface area contributed by atoms with Gasteiger partial charge in [0.2, 0.25) is 0 Å². The average molecular weight is 504 g/mol. The van der Waals surface area contributed by atoms with E-state index in [4.69, 9.17) is 0 Å². The monoisotopic (exact) mass is 503 g/mol. The zero-order valence-electron chi connectivity index (χ0n) is 20.3. The standard InChI is InChI=1S/C25H31F6N3O/c1-7-10-32-22(16(4)23(35)34(11-8-2)12-9-3)18(6)33-17(5)19-13-20(24(26,27)28)15-21(14-19)25(29,30)31/h7,10,13-15,18,33H,1,5,8-9,11-12H2,2-4,6H3/b22-16+,32-10?. The molecule has 1 aromatic rings. The molecule has 1 N–H and O–H groups in total. The van der Waals surface area contributed by atoms with Crippen molar-refractivity contribution < 1.29 is 31.1 Å². The highest BCUT2D eigenvalue weighted by Gasteiger charge is 2.37. The molecule has 1 amide bonds. The third-order valence-electron chi connectivity index (χ3n) is 5.04. The molecule has 0 aliphatic carbocycles. The first-order valence-corrected chi connectivity index (χ1v) is 11.1. The van der Waals surface area contributed by atoms with E-state index in [2.05, 4.69) is 23.5 Å². The van der Waals surface area contributed by atoms with E-state index in [1.54, 1.807) is 18.7 Å². The minimum absolute atomic E-state index is 0.0543. The van der Waals surface area contributed by atoms with Gasteiger partial charge in [0.25, 0.3) is 5.91 Å². The fraction of sp³-hybridized carbons (Fsp3) is 0.440. The van der Waals surface area contributed by atoms with Crippen molar-refractivity contribution in [3.8, 4) is 0 Å². The zero-order chi connectivity index (χ0) is 27.0. The second-order valence-corrected chi connectivity index (χ2v) is 7.96. The average Bonchev–Trinajstić information content (AvgIpc) is 2.77. The van der Waals surface area contributed by atoms with Gasteiger partial charge in [-0.05, 0) is 50.5 Å². The van der Waals surface area contributed by atoms with Crippen LogP contribution in [0.5, 0.6) is 0 Å². The third kappa shape index (κ3) is 8.60. The molecule has 0 spiro atoms. The molecule has 10 heteroatoms. The van der Waals surface area contributed by atoms with E-state index in [9.17, 15) is 31.1 Å². The van der Waals surface area contributed by atoms with E-state index >= 15 is 0 Å². The van der Waals surface area contributed by atoms with Gasteiger partial charge in [0.05, 0.1) is 22.9 Å². The number of rotatable bonds is 11. The second kappa shape index (κ2) is 12.6. The highest BCUT2D eigenvalue weighted by Crippen LogP contribution is 2.37. The molecule has 0 fully saturated rings. The second-order valence-electron chi connectivity index (χ2n) is 7.96. The predicted octanol–water partition coefficient (Wildman–Crippen LogP) is 6.85. The van der Waals surface area contributed by atoms with E-state index in [-0.39, 0.29) is 34.5 Å². The minimum Gasteiger partial charge on any atom is -0.377 e. The topological polar surface area (TPSA) is 44.7 Å². The van der Waals surface area contributed by atoms with Gasteiger partial charge >= 0.3 is 12.4 Å². The van der Waals surface area contributed by atoms with Crippen molar-refractivity contribution in [2.45, 2.75) is 58.9 Å². The van der Waals surface area contributed by atoms with Crippen LogP contribution in [0.15, 0.2) is 53.7 Å². The summed E-state index contributed by atoms with van der Waals surface area (Å²) in [5.74, 6) is -0.261. The van der Waals surface area contributed by atoms with Crippen molar-refractivity contribution >= 4 is 17.8 Å². The van der Waals surface area contributed by atoms with Crippen LogP contribution in [-0.2, 0) is 17.1 Å². The number of nitrogens with one attached hydrogen (secondary N) is 1. The number of benzene rings is 1. The molecule has 1 atom stereocenters. The van der Waals surface area contributed by atoms with Gasteiger partial charge < -0.3 is 10.2 Å². The van der Waals surface area contributed by atoms with Crippen molar-refractivity contribution in [3.63, 3.8) is 0 Å². The highest BCUT2D eigenvalue weighted by atomic mass is 19.4. The van der Waals surface area contributed by atoms with Crippen LogP contribution in [0.25, 0.3) is 5.70 Å². The van der Waals surface area contributed by atoms with Crippen molar-refractivity contribution in [2.75, 3.05) is 13.1 Å². The Balaban J connectivity index is 3.42. The van der Waals surface area contributed by atoms with Crippen LogP contribution in [0.3, 0.4) is 0 Å². The predicted molar refractivity (Wildman–Crippen MR) is 127 cm³/mol. The fourth-order valence-electron chi connectivity index (χ4n) is 3.41. The number of nitrogens with zero attached hydrogens (tertiary/aromatic N) is 2. The van der Waals surface area contributed by atoms with Crippen LogP contribution < -0.4 is 5.32 Å². The number of amides is 1. The smallest absolute Gasteiger partial charge is 0.377 e. The molecule has 194 valence electrons. The lowest BCUT2D eigenvalue weighted by Gasteiger charge is -2.25. The number of hydrogen-bond donors (Lipinski definition) is 1. The molecule has 1 aromatic carbocycles. The van der Waals surface area contributed by atoms with E-state index in [1.807, 2.05) is 13.8 Å². The first-order chi connectivity index (χ1) is 16.2. The molecule has 0 saturated heterocycles. The van der Waals surface area contributed by atoms with Crippen LogP contribution in [-0.4, -0.2) is 36.2 Å². The summed E-state index contributed by atoms with van der Waals surface area (Å²) < 4.78 is 79.4. The zero-order valence-corrected chi connectivity index (χ0v) is 20.3. The lowest BCUT2D eigenvalue weighted by molar-refractivity contribution is -0.143. The molecule has 0 saturated carbocycles. The van der Waals surface area contributed by atoms with Crippen LogP contribution in [0.4, 0.5) is 26.3 Å². The van der Waals surface area contributed by atoms with E-state index in [0.29, 0.717) is 25.2 Å². The maximum Gasteiger partial charge on any atom is 0.416 e. The molecule has 0 aromatic heterocycles. The first kappa shape index (κ1) is 30.0. The number of hydrogen-bond acceptors (Lipinski definition) is 3. The molecule has 4 nitrogen and oxygen atoms in total. The number of carbonyl (C=O) groups excluding carboxylic acids is 1. The Bertz CT molecular complexity index is 938. The number of alkyl halides is 6. The van der Waals surface area contributed by atoms with E-state index < -0.39 is 29.5 Å². The van der Waals surface area contributed by atoms with Gasteiger partial charge in [-0.25, -0.2) is 0 Å². The molecule has 1 unspecified atom stereocenters. The number of halogens is 6. The lowest BCUT2D eigenvalue weighted by atomic mass is 10.0. The summed E-state index contributed by atoms with van der Waals surface area (Å²) in [5, 5.41) is 2.80. The maximum atomic E-state index is 13.2. The third-order valence-corrected chi connectivity index (χ3v) is 5.04. The van der Waals surface area contributed by atoms with Gasteiger partial charge in [0.1, 0.15) is 0 Å². The summed E-state index contributed by atoms with van der Waals surface area (Å²) in [5.41, 5.74) is -2.90. The van der Waals surface area contributed by atoms with Crippen LogP contribution in [0.2, 0.25) is 0 Å². The minimum atomic E-state index is -4.98. The molecule has 0 bridgehead atoms. The summed E-state index contributed by atoms with van der Waals surface area (Å²) in [6.45, 7) is 15.3. The molecule has 0 radical (unpaired) electrons. The van der Waals surface area contributed by atoms with Crippen molar-refractivity contribution in [1.29, 1.82) is 0 Å². The summed E-state index contributed by atoms with van der Waals surface area (Å²) in [6.07, 6.45) is -5.74.